The average Bonchev–Trinajstić information content (AvgIpc) is 1.52. The summed E-state index contributed by atoms with van der Waals surface area (Å²) in [5.74, 6) is 1.79. The third kappa shape index (κ3) is 6.79. The molecule has 0 atom stereocenters. The fraction of sp³-hybridized carbons (Fsp3) is 0.143. The van der Waals surface area contributed by atoms with Crippen LogP contribution in [0, 0.1) is 0 Å². The zero-order chi connectivity index (χ0) is 57.9. The Bertz CT molecular complexity index is 4530. The largest absolute Gasteiger partial charge is 0.457 e. The molecule has 0 aromatic heterocycles. The average molecular weight is 1100 g/mol. The van der Waals surface area contributed by atoms with Crippen molar-refractivity contribution in [1.82, 2.24) is 0 Å². The molecular weight excluding hydrogens is 1040 g/mol. The molecule has 17 rings (SSSR count). The molecule has 2 heteroatoms. The predicted octanol–water partition coefficient (Wildman–Crippen LogP) is 20.8. The lowest BCUT2D eigenvalue weighted by molar-refractivity contribution is 0.435. The van der Waals surface area contributed by atoms with E-state index >= 15 is 0 Å². The van der Waals surface area contributed by atoms with Crippen LogP contribution in [0.4, 0.5) is 11.4 Å². The van der Waals surface area contributed by atoms with Gasteiger partial charge in [0.15, 0.2) is 0 Å². The lowest BCUT2D eigenvalue weighted by Gasteiger charge is -2.40. The maximum atomic E-state index is 7.19. The summed E-state index contributed by atoms with van der Waals surface area (Å²) >= 11 is 0. The van der Waals surface area contributed by atoms with Gasteiger partial charge in [0.25, 0.3) is 0 Å². The van der Waals surface area contributed by atoms with E-state index in [1.54, 1.807) is 0 Å². The first-order valence-corrected chi connectivity index (χ1v) is 30.7. The molecule has 1 aliphatic heterocycles. The number of anilines is 2. The lowest BCUT2D eigenvalue weighted by atomic mass is 9.64. The Morgan fingerprint density at radius 2 is 0.628 bits per heavy atom. The maximum absolute atomic E-state index is 7.19. The molecule has 4 aliphatic carbocycles. The monoisotopic (exact) mass is 1100 g/mol. The Kier molecular flexibility index (Phi) is 10.7. The second kappa shape index (κ2) is 18.1. The number of para-hydroxylation sites is 1. The zero-order valence-corrected chi connectivity index (χ0v) is 49.5. The maximum Gasteiger partial charge on any atom is 0.132 e. The molecule has 2 nitrogen and oxygen atoms in total. The number of ether oxygens (including phenoxy) is 1. The van der Waals surface area contributed by atoms with Gasteiger partial charge in [0.2, 0.25) is 0 Å². The van der Waals surface area contributed by atoms with Gasteiger partial charge in [-0.3, -0.25) is 0 Å². The molecule has 0 saturated heterocycles. The minimum absolute atomic E-state index is 0.0776. The van der Waals surface area contributed by atoms with Crippen molar-refractivity contribution in [3.63, 3.8) is 0 Å². The number of hydrogen-bond donors (Lipinski definition) is 0. The van der Waals surface area contributed by atoms with Gasteiger partial charge in [0, 0.05) is 29.0 Å². The Morgan fingerprint density at radius 3 is 1.09 bits per heavy atom. The highest BCUT2D eigenvalue weighted by molar-refractivity contribution is 5.97. The molecule has 0 amide bonds. The fourth-order valence-electron chi connectivity index (χ4n) is 16.4. The second-order valence-electron chi connectivity index (χ2n) is 26.7. The van der Waals surface area contributed by atoms with E-state index in [-0.39, 0.29) is 10.8 Å². The summed E-state index contributed by atoms with van der Waals surface area (Å²) in [6.07, 6.45) is 0. The van der Waals surface area contributed by atoms with Crippen molar-refractivity contribution >= 4 is 11.4 Å². The summed E-state index contributed by atoms with van der Waals surface area (Å²) in [6, 6.07) is 104. The first-order valence-electron chi connectivity index (χ1n) is 30.7. The van der Waals surface area contributed by atoms with Gasteiger partial charge in [-0.25, -0.2) is 0 Å². The van der Waals surface area contributed by atoms with Crippen LogP contribution in [0.15, 0.2) is 273 Å². The van der Waals surface area contributed by atoms with Gasteiger partial charge in [-0.1, -0.05) is 272 Å². The number of fused-ring (bicyclic) bond motifs is 22. The first kappa shape index (κ1) is 50.7. The van der Waals surface area contributed by atoms with E-state index in [4.69, 9.17) is 4.74 Å². The van der Waals surface area contributed by atoms with Crippen molar-refractivity contribution in [3.05, 3.63) is 356 Å². The Labute approximate surface area is 505 Å². The fourth-order valence-corrected chi connectivity index (χ4v) is 16.4. The minimum atomic E-state index is -0.669. The summed E-state index contributed by atoms with van der Waals surface area (Å²) in [7, 11) is 0. The molecule has 2 spiro atoms. The molecule has 0 fully saturated rings. The Balaban J connectivity index is 0.928. The molecular formula is C84H65NO. The number of nitrogens with zero attached hydrogens (tertiary/aromatic N) is 1. The highest BCUT2D eigenvalue weighted by atomic mass is 16.5. The van der Waals surface area contributed by atoms with Gasteiger partial charge >= 0.3 is 0 Å². The Hall–Kier alpha value is -9.76. The van der Waals surface area contributed by atoms with Crippen molar-refractivity contribution in [1.29, 1.82) is 0 Å². The predicted molar refractivity (Wildman–Crippen MR) is 354 cm³/mol. The quantitative estimate of drug-likeness (QED) is 0.165. The van der Waals surface area contributed by atoms with Crippen LogP contribution in [0.2, 0.25) is 0 Å². The van der Waals surface area contributed by atoms with E-state index in [1.807, 2.05) is 0 Å². The van der Waals surface area contributed by atoms with Crippen LogP contribution in [0.25, 0.3) is 44.5 Å². The van der Waals surface area contributed by atoms with Crippen LogP contribution in [-0.4, -0.2) is 0 Å². The summed E-state index contributed by atoms with van der Waals surface area (Å²) in [4.78, 5) is 2.62. The first-order chi connectivity index (χ1) is 41.9. The summed E-state index contributed by atoms with van der Waals surface area (Å²) in [5, 5.41) is 0. The molecule has 412 valence electrons. The van der Waals surface area contributed by atoms with Crippen LogP contribution >= 0.6 is 0 Å². The van der Waals surface area contributed by atoms with E-state index in [2.05, 4.69) is 319 Å². The van der Waals surface area contributed by atoms with Crippen molar-refractivity contribution in [2.45, 2.75) is 75.2 Å². The molecule has 0 unspecified atom stereocenters. The molecule has 5 aliphatic rings. The van der Waals surface area contributed by atoms with E-state index in [0.717, 1.165) is 22.9 Å². The molecule has 1 heterocycles. The van der Waals surface area contributed by atoms with E-state index in [0.29, 0.717) is 6.54 Å². The highest BCUT2D eigenvalue weighted by Gasteiger charge is 2.54. The van der Waals surface area contributed by atoms with Crippen molar-refractivity contribution < 1.29 is 4.74 Å². The standard InChI is InChI=1S/C84H65NO/c1-80(2,3)56-38-42-64-65-43-39-57(81(4,5)6)49-74(65)84(73(64)48-56)72-35-21-22-36-78(72)86-79-46-37-53(47-77(79)84)52-85(58-40-44-66-62-29-13-17-31-68(62)82(75(66)50-58,54-23-9-7-10-24-54)55-25-11-8-12-26-55)59-41-45-67-63-30-16-20-34-71(63)83(76(67)51-59)69-32-18-14-27-60(69)61-28-15-19-33-70(61)83/h7-51H,52H2,1-6H3. The van der Waals surface area contributed by atoms with Gasteiger partial charge < -0.3 is 9.64 Å². The molecule has 0 saturated carbocycles. The van der Waals surface area contributed by atoms with Crippen LogP contribution in [0.3, 0.4) is 0 Å². The zero-order valence-electron chi connectivity index (χ0n) is 49.5. The van der Waals surface area contributed by atoms with Crippen molar-refractivity contribution in [2.24, 2.45) is 0 Å². The molecule has 12 aromatic carbocycles. The third-order valence-corrected chi connectivity index (χ3v) is 20.2. The molecule has 0 N–H and O–H groups in total. The van der Waals surface area contributed by atoms with Crippen LogP contribution in [-0.2, 0) is 33.6 Å². The van der Waals surface area contributed by atoms with Crippen molar-refractivity contribution in [3.8, 4) is 56.0 Å². The Morgan fingerprint density at radius 1 is 0.279 bits per heavy atom. The molecule has 12 aromatic rings. The number of rotatable bonds is 6. The smallest absolute Gasteiger partial charge is 0.132 e. The van der Waals surface area contributed by atoms with Crippen LogP contribution in [0.5, 0.6) is 11.5 Å². The molecule has 0 bridgehead atoms. The normalized spacial score (nSPS) is 15.0. The molecule has 0 radical (unpaired) electrons. The third-order valence-electron chi connectivity index (χ3n) is 20.2. The minimum Gasteiger partial charge on any atom is -0.457 e. The van der Waals surface area contributed by atoms with Crippen LogP contribution < -0.4 is 9.64 Å². The van der Waals surface area contributed by atoms with Gasteiger partial charge in [-0.15, -0.1) is 0 Å². The van der Waals surface area contributed by atoms with E-state index in [9.17, 15) is 0 Å². The van der Waals surface area contributed by atoms with E-state index in [1.165, 1.54) is 128 Å². The summed E-state index contributed by atoms with van der Waals surface area (Å²) in [6.45, 7) is 14.6. The second-order valence-corrected chi connectivity index (χ2v) is 26.7. The van der Waals surface area contributed by atoms with E-state index < -0.39 is 16.2 Å². The topological polar surface area (TPSA) is 12.5 Å². The molecule has 86 heavy (non-hydrogen) atoms. The SMILES string of the molecule is CC(C)(C)c1ccc2c(c1)C1(c3ccccc3Oc3ccc(CN(c4ccc5c(c4)C(c4ccccc4)(c4ccccc4)c4ccccc4-5)c4ccc5c(c4)C4(c6ccccc6-c6ccccc64)c4ccccc4-5)cc31)c1cc(C(C)(C)C)ccc1-2. The van der Waals surface area contributed by atoms with Gasteiger partial charge in [0.1, 0.15) is 11.5 Å². The highest BCUT2D eigenvalue weighted by Crippen LogP contribution is 2.66. The van der Waals surface area contributed by atoms with Gasteiger partial charge in [-0.2, -0.15) is 0 Å². The number of hydrogen-bond acceptors (Lipinski definition) is 2. The van der Waals surface area contributed by atoms with Crippen LogP contribution in [0.1, 0.15) is 125 Å². The van der Waals surface area contributed by atoms with Crippen molar-refractivity contribution in [2.75, 3.05) is 4.90 Å². The summed E-state index contributed by atoms with van der Waals surface area (Å²) in [5.41, 5.74) is 29.8. The van der Waals surface area contributed by atoms with Gasteiger partial charge in [0.05, 0.1) is 16.2 Å². The van der Waals surface area contributed by atoms with Gasteiger partial charge in [-0.05, 0) is 170 Å². The summed E-state index contributed by atoms with van der Waals surface area (Å²) < 4.78 is 7.19. The number of benzene rings is 12. The lowest BCUT2D eigenvalue weighted by Crippen LogP contribution is -2.33.